The third kappa shape index (κ3) is 9.55. The van der Waals surface area contributed by atoms with E-state index in [1.807, 2.05) is 39.0 Å². The number of carbonyl (C=O) groups excluding carboxylic acids is 4. The van der Waals surface area contributed by atoms with Crippen LogP contribution >= 0.6 is 0 Å². The molecule has 2 aromatic carbocycles. The van der Waals surface area contributed by atoms with Crippen LogP contribution in [0.4, 0.5) is 11.4 Å². The summed E-state index contributed by atoms with van der Waals surface area (Å²) < 4.78 is 10.1. The van der Waals surface area contributed by atoms with Crippen molar-refractivity contribution in [3.8, 4) is 0 Å². The van der Waals surface area contributed by atoms with Gasteiger partial charge >= 0.3 is 11.9 Å². The van der Waals surface area contributed by atoms with E-state index < -0.39 is 30.4 Å². The highest BCUT2D eigenvalue weighted by molar-refractivity contribution is 5.96. The summed E-state index contributed by atoms with van der Waals surface area (Å²) in [4.78, 5) is 48.0. The van der Waals surface area contributed by atoms with Gasteiger partial charge in [-0.15, -0.1) is 0 Å². The summed E-state index contributed by atoms with van der Waals surface area (Å²) in [5.74, 6) is -1.99. The van der Waals surface area contributed by atoms with Crippen LogP contribution in [0.15, 0.2) is 42.5 Å². The molecule has 0 aromatic heterocycles. The van der Waals surface area contributed by atoms with Crippen LogP contribution in [0.5, 0.6) is 0 Å². The smallest absolute Gasteiger partial charge is 0.338 e. The first-order valence-corrected chi connectivity index (χ1v) is 10.9. The number of ether oxygens (including phenoxy) is 2. The zero-order chi connectivity index (χ0) is 24.2. The fraction of sp³-hybridized carbons (Fsp3) is 0.360. The highest BCUT2D eigenvalue weighted by Crippen LogP contribution is 2.14. The Morgan fingerprint density at radius 2 is 1.52 bits per heavy atom. The Labute approximate surface area is 193 Å². The predicted molar refractivity (Wildman–Crippen MR) is 125 cm³/mol. The van der Waals surface area contributed by atoms with E-state index in [2.05, 4.69) is 10.6 Å². The van der Waals surface area contributed by atoms with E-state index >= 15 is 0 Å². The Kier molecular flexibility index (Phi) is 10.1. The van der Waals surface area contributed by atoms with Gasteiger partial charge in [0.2, 0.25) is 5.91 Å². The molecule has 2 rings (SSSR count). The van der Waals surface area contributed by atoms with Crippen LogP contribution in [-0.2, 0) is 23.9 Å². The van der Waals surface area contributed by atoms with E-state index in [0.29, 0.717) is 23.5 Å². The molecule has 2 N–H and O–H groups in total. The van der Waals surface area contributed by atoms with E-state index in [9.17, 15) is 19.2 Å². The molecular formula is C25H30N2O6. The molecule has 0 saturated carbocycles. The van der Waals surface area contributed by atoms with Gasteiger partial charge in [-0.2, -0.15) is 0 Å². The average molecular weight is 455 g/mol. The number of benzene rings is 2. The summed E-state index contributed by atoms with van der Waals surface area (Å²) in [7, 11) is 0. The molecule has 0 unspecified atom stereocenters. The van der Waals surface area contributed by atoms with Crippen molar-refractivity contribution in [2.45, 2.75) is 46.5 Å². The number of rotatable bonds is 11. The molecule has 0 atom stereocenters. The van der Waals surface area contributed by atoms with Crippen molar-refractivity contribution in [2.24, 2.45) is 0 Å². The Balaban J connectivity index is 1.73. The van der Waals surface area contributed by atoms with Gasteiger partial charge in [-0.3, -0.25) is 14.4 Å². The van der Waals surface area contributed by atoms with Gasteiger partial charge in [0, 0.05) is 17.8 Å². The molecule has 0 saturated heterocycles. The van der Waals surface area contributed by atoms with Gasteiger partial charge in [0.1, 0.15) is 0 Å². The minimum Gasteiger partial charge on any atom is -0.462 e. The third-order valence-corrected chi connectivity index (χ3v) is 4.54. The highest BCUT2D eigenvalue weighted by Gasteiger charge is 2.13. The van der Waals surface area contributed by atoms with E-state index in [0.717, 1.165) is 24.0 Å². The molecule has 0 aliphatic carbocycles. The van der Waals surface area contributed by atoms with E-state index in [-0.39, 0.29) is 12.8 Å². The zero-order valence-corrected chi connectivity index (χ0v) is 19.2. The Hall–Kier alpha value is -3.68. The fourth-order valence-electron chi connectivity index (χ4n) is 3.02. The SMILES string of the molecule is CCCCOC(=O)c1cccc(NC(=O)CCC(=O)OCC(=O)Nc2cc(C)cc(C)c2)c1. The van der Waals surface area contributed by atoms with Crippen molar-refractivity contribution < 1.29 is 28.7 Å². The average Bonchev–Trinajstić information content (AvgIpc) is 2.76. The van der Waals surface area contributed by atoms with Crippen LogP contribution in [-0.4, -0.2) is 37.0 Å². The van der Waals surface area contributed by atoms with E-state index in [1.165, 1.54) is 6.07 Å². The van der Waals surface area contributed by atoms with Gasteiger partial charge in [-0.1, -0.05) is 25.5 Å². The zero-order valence-electron chi connectivity index (χ0n) is 19.2. The van der Waals surface area contributed by atoms with Gasteiger partial charge in [0.05, 0.1) is 18.6 Å². The standard InChI is InChI=1S/C25H30N2O6/c1-4-5-11-32-25(31)19-7-6-8-20(15-19)26-22(28)9-10-24(30)33-16-23(29)27-21-13-17(2)12-18(3)14-21/h6-8,12-15H,4-5,9-11,16H2,1-3H3,(H,26,28)(H,27,29). The van der Waals surface area contributed by atoms with Crippen LogP contribution in [0, 0.1) is 13.8 Å². The molecule has 8 heteroatoms. The topological polar surface area (TPSA) is 111 Å². The van der Waals surface area contributed by atoms with Crippen LogP contribution in [0.3, 0.4) is 0 Å². The summed E-state index contributed by atoms with van der Waals surface area (Å²) in [5.41, 5.74) is 3.40. The maximum absolute atomic E-state index is 12.1. The molecule has 0 radical (unpaired) electrons. The lowest BCUT2D eigenvalue weighted by Crippen LogP contribution is -2.22. The molecule has 0 aliphatic rings. The Bertz CT molecular complexity index is 982. The lowest BCUT2D eigenvalue weighted by Gasteiger charge is -2.09. The monoisotopic (exact) mass is 454 g/mol. The van der Waals surface area contributed by atoms with Crippen molar-refractivity contribution in [3.05, 3.63) is 59.2 Å². The number of hydrogen-bond donors (Lipinski definition) is 2. The third-order valence-electron chi connectivity index (χ3n) is 4.54. The fourth-order valence-corrected chi connectivity index (χ4v) is 3.02. The largest absolute Gasteiger partial charge is 0.462 e. The number of carbonyl (C=O) groups is 4. The molecule has 176 valence electrons. The molecule has 0 bridgehead atoms. The highest BCUT2D eigenvalue weighted by atomic mass is 16.5. The lowest BCUT2D eigenvalue weighted by molar-refractivity contribution is -0.147. The number of nitrogens with one attached hydrogen (secondary N) is 2. The molecule has 2 aromatic rings. The van der Waals surface area contributed by atoms with Crippen LogP contribution in [0.2, 0.25) is 0 Å². The predicted octanol–water partition coefficient (Wildman–Crippen LogP) is 4.16. The van der Waals surface area contributed by atoms with Gasteiger partial charge < -0.3 is 20.1 Å². The first-order chi connectivity index (χ1) is 15.8. The first-order valence-electron chi connectivity index (χ1n) is 10.9. The molecule has 8 nitrogen and oxygen atoms in total. The second-order valence-corrected chi connectivity index (χ2v) is 7.70. The molecule has 33 heavy (non-hydrogen) atoms. The first kappa shape index (κ1) is 25.6. The van der Waals surface area contributed by atoms with Gasteiger partial charge in [0.15, 0.2) is 6.61 Å². The maximum Gasteiger partial charge on any atom is 0.338 e. The summed E-state index contributed by atoms with van der Waals surface area (Å²) in [6, 6.07) is 12.0. The molecule has 0 spiro atoms. The number of unbranched alkanes of at least 4 members (excludes halogenated alkanes) is 1. The summed E-state index contributed by atoms with van der Waals surface area (Å²) >= 11 is 0. The number of esters is 2. The van der Waals surface area contributed by atoms with Crippen LogP contribution < -0.4 is 10.6 Å². The van der Waals surface area contributed by atoms with Gasteiger partial charge in [0.25, 0.3) is 5.91 Å². The normalized spacial score (nSPS) is 10.3. The summed E-state index contributed by atoms with van der Waals surface area (Å²) in [6.07, 6.45) is 1.40. The van der Waals surface area contributed by atoms with Crippen molar-refractivity contribution in [3.63, 3.8) is 0 Å². The minimum absolute atomic E-state index is 0.122. The van der Waals surface area contributed by atoms with Crippen molar-refractivity contribution >= 4 is 35.1 Å². The van der Waals surface area contributed by atoms with Crippen LogP contribution in [0.1, 0.15) is 54.1 Å². The maximum atomic E-state index is 12.1. The summed E-state index contributed by atoms with van der Waals surface area (Å²) in [5, 5.41) is 5.31. The van der Waals surface area contributed by atoms with Crippen molar-refractivity contribution in [1.29, 1.82) is 0 Å². The number of anilines is 2. The Morgan fingerprint density at radius 1 is 0.818 bits per heavy atom. The minimum atomic E-state index is -0.658. The molecule has 0 heterocycles. The quantitative estimate of drug-likeness (QED) is 0.390. The van der Waals surface area contributed by atoms with E-state index in [1.54, 1.807) is 18.2 Å². The number of amides is 2. The van der Waals surface area contributed by atoms with E-state index in [4.69, 9.17) is 9.47 Å². The molecule has 0 fully saturated rings. The number of hydrogen-bond acceptors (Lipinski definition) is 6. The summed E-state index contributed by atoms with van der Waals surface area (Å²) in [6.45, 7) is 5.75. The second kappa shape index (κ2) is 13.0. The Morgan fingerprint density at radius 3 is 2.21 bits per heavy atom. The lowest BCUT2D eigenvalue weighted by atomic mass is 10.1. The molecular weight excluding hydrogens is 424 g/mol. The van der Waals surface area contributed by atoms with Crippen LogP contribution in [0.25, 0.3) is 0 Å². The van der Waals surface area contributed by atoms with Gasteiger partial charge in [-0.05, 0) is 61.7 Å². The molecule has 2 amide bonds. The molecule has 0 aliphatic heterocycles. The second-order valence-electron chi connectivity index (χ2n) is 7.70. The van der Waals surface area contributed by atoms with Gasteiger partial charge in [-0.25, -0.2) is 4.79 Å². The number of aryl methyl sites for hydroxylation is 2. The van der Waals surface area contributed by atoms with Crippen molar-refractivity contribution in [1.82, 2.24) is 0 Å². The van der Waals surface area contributed by atoms with Crippen molar-refractivity contribution in [2.75, 3.05) is 23.8 Å².